The van der Waals surface area contributed by atoms with Gasteiger partial charge in [-0.3, -0.25) is 0 Å². The summed E-state index contributed by atoms with van der Waals surface area (Å²) in [6.07, 6.45) is 3.22. The van der Waals surface area contributed by atoms with Gasteiger partial charge in [-0.2, -0.15) is 5.10 Å². The molecule has 2 aromatic heterocycles. The lowest BCUT2D eigenvalue weighted by Gasteiger charge is -2.27. The number of hydrogen-bond acceptors (Lipinski definition) is 5. The van der Waals surface area contributed by atoms with E-state index in [4.69, 9.17) is 5.73 Å². The molecule has 4 N–H and O–H groups in total. The van der Waals surface area contributed by atoms with Crippen molar-refractivity contribution in [2.75, 3.05) is 11.9 Å². The summed E-state index contributed by atoms with van der Waals surface area (Å²) in [6.45, 7) is 4.77. The zero-order valence-electron chi connectivity index (χ0n) is 10.6. The third kappa shape index (κ3) is 2.35. The monoisotopic (exact) mass is 250 g/mol. The number of nitrogens with zero attached hydrogens (tertiary/aromatic N) is 3. The van der Waals surface area contributed by atoms with Crippen LogP contribution in [0.1, 0.15) is 26.7 Å². The van der Waals surface area contributed by atoms with Crippen molar-refractivity contribution in [3.8, 4) is 0 Å². The molecule has 2 rings (SSSR count). The van der Waals surface area contributed by atoms with Crippen molar-refractivity contribution in [3.05, 3.63) is 22.9 Å². The number of nitrogens with one attached hydrogen (secondary N) is 2. The third-order valence-electron chi connectivity index (χ3n) is 3.34. The Morgan fingerprint density at radius 2 is 2.22 bits per heavy atom. The van der Waals surface area contributed by atoms with Gasteiger partial charge in [0.2, 0.25) is 0 Å². The Morgan fingerprint density at radius 3 is 2.89 bits per heavy atom. The average Bonchev–Trinajstić information content (AvgIpc) is 2.77. The molecule has 0 aliphatic carbocycles. The third-order valence-corrected chi connectivity index (χ3v) is 3.34. The summed E-state index contributed by atoms with van der Waals surface area (Å²) < 4.78 is 1.35. The summed E-state index contributed by atoms with van der Waals surface area (Å²) in [5.41, 5.74) is 6.20. The highest BCUT2D eigenvalue weighted by Crippen LogP contribution is 2.13. The van der Waals surface area contributed by atoms with Gasteiger partial charge >= 0.3 is 5.69 Å². The van der Waals surface area contributed by atoms with E-state index in [-0.39, 0.29) is 11.2 Å². The molecule has 0 bridgehead atoms. The van der Waals surface area contributed by atoms with Crippen LogP contribution in [0.3, 0.4) is 0 Å². The van der Waals surface area contributed by atoms with Crippen LogP contribution in [0.4, 0.5) is 5.82 Å². The minimum absolute atomic E-state index is 0.237. The number of hydrogen-bond donors (Lipinski definition) is 3. The molecule has 0 radical (unpaired) electrons. The molecule has 0 aliphatic rings. The van der Waals surface area contributed by atoms with Gasteiger partial charge in [0.05, 0.1) is 0 Å². The van der Waals surface area contributed by atoms with Crippen LogP contribution in [-0.2, 0) is 0 Å². The van der Waals surface area contributed by atoms with Gasteiger partial charge in [0, 0.05) is 18.2 Å². The average molecular weight is 250 g/mol. The predicted molar refractivity (Wildman–Crippen MR) is 69.6 cm³/mol. The van der Waals surface area contributed by atoms with Gasteiger partial charge in [0.25, 0.3) is 0 Å². The summed E-state index contributed by atoms with van der Waals surface area (Å²) in [5, 5.41) is 9.42. The molecular formula is C11H18N6O. The maximum Gasteiger partial charge on any atom is 0.348 e. The number of aromatic amines is 1. The van der Waals surface area contributed by atoms with Crippen LogP contribution in [-0.4, -0.2) is 31.7 Å². The molecule has 0 saturated carbocycles. The largest absolute Gasteiger partial charge is 0.368 e. The molecule has 0 saturated heterocycles. The summed E-state index contributed by atoms with van der Waals surface area (Å²) in [5.74, 6) is 0.665. The number of fused-ring (bicyclic) bond motifs is 1. The Balaban J connectivity index is 2.15. The van der Waals surface area contributed by atoms with Crippen molar-refractivity contribution in [2.45, 2.75) is 32.2 Å². The van der Waals surface area contributed by atoms with E-state index in [2.05, 4.69) is 34.3 Å². The molecular weight excluding hydrogens is 232 g/mol. The van der Waals surface area contributed by atoms with E-state index in [0.29, 0.717) is 18.0 Å². The highest BCUT2D eigenvalue weighted by Gasteiger charge is 2.19. The van der Waals surface area contributed by atoms with Crippen LogP contribution in [0.15, 0.2) is 17.2 Å². The Morgan fingerprint density at radius 1 is 1.50 bits per heavy atom. The maximum absolute atomic E-state index is 11.3. The summed E-state index contributed by atoms with van der Waals surface area (Å²) in [6, 6.07) is 1.71. The SMILES string of the molecule is CCC(N)(CC)CNc1cc2n[nH]c(=O)n2cn1. The second kappa shape index (κ2) is 4.77. The van der Waals surface area contributed by atoms with Gasteiger partial charge in [-0.05, 0) is 12.8 Å². The molecule has 18 heavy (non-hydrogen) atoms. The van der Waals surface area contributed by atoms with Crippen molar-refractivity contribution < 1.29 is 0 Å². The van der Waals surface area contributed by atoms with E-state index >= 15 is 0 Å². The number of aromatic nitrogens is 4. The van der Waals surface area contributed by atoms with Crippen molar-refractivity contribution >= 4 is 11.5 Å². The van der Waals surface area contributed by atoms with E-state index in [1.54, 1.807) is 6.07 Å². The van der Waals surface area contributed by atoms with Crippen LogP contribution in [0.25, 0.3) is 5.65 Å². The summed E-state index contributed by atoms with van der Waals surface area (Å²) in [4.78, 5) is 15.4. The zero-order valence-corrected chi connectivity index (χ0v) is 10.6. The molecule has 7 heteroatoms. The molecule has 0 unspecified atom stereocenters. The standard InChI is InChI=1S/C11H18N6O/c1-3-11(12,4-2)6-13-8-5-9-15-16-10(18)17(9)7-14-8/h5,7,13H,3-4,6,12H2,1-2H3,(H,16,18). The molecule has 2 aromatic rings. The fraction of sp³-hybridized carbons (Fsp3) is 0.545. The lowest BCUT2D eigenvalue weighted by molar-refractivity contribution is 0.418. The van der Waals surface area contributed by atoms with E-state index < -0.39 is 0 Å². The van der Waals surface area contributed by atoms with Gasteiger partial charge in [-0.15, -0.1) is 0 Å². The first-order valence-electron chi connectivity index (χ1n) is 6.03. The minimum Gasteiger partial charge on any atom is -0.368 e. The molecule has 0 spiro atoms. The van der Waals surface area contributed by atoms with Gasteiger partial charge < -0.3 is 11.1 Å². The van der Waals surface area contributed by atoms with E-state index in [9.17, 15) is 4.79 Å². The van der Waals surface area contributed by atoms with Crippen LogP contribution in [0.2, 0.25) is 0 Å². The topological polar surface area (TPSA) is 101 Å². The van der Waals surface area contributed by atoms with Crippen LogP contribution in [0, 0.1) is 0 Å². The Kier molecular flexibility index (Phi) is 3.33. The highest BCUT2D eigenvalue weighted by atomic mass is 16.1. The fourth-order valence-corrected chi connectivity index (χ4v) is 1.67. The van der Waals surface area contributed by atoms with Gasteiger partial charge in [-0.1, -0.05) is 13.8 Å². The molecule has 0 fully saturated rings. The molecule has 0 amide bonds. The molecule has 98 valence electrons. The van der Waals surface area contributed by atoms with E-state index in [1.165, 1.54) is 10.7 Å². The number of H-pyrrole nitrogens is 1. The van der Waals surface area contributed by atoms with Crippen LogP contribution in [0.5, 0.6) is 0 Å². The number of rotatable bonds is 5. The highest BCUT2D eigenvalue weighted by molar-refractivity contribution is 5.48. The van der Waals surface area contributed by atoms with Crippen molar-refractivity contribution in [3.63, 3.8) is 0 Å². The second-order valence-electron chi connectivity index (χ2n) is 4.45. The minimum atomic E-state index is -0.292. The van der Waals surface area contributed by atoms with E-state index in [1.807, 2.05) is 0 Å². The van der Waals surface area contributed by atoms with Crippen molar-refractivity contribution in [1.29, 1.82) is 0 Å². The lowest BCUT2D eigenvalue weighted by atomic mass is 9.94. The number of nitrogens with two attached hydrogens (primary N) is 1. The second-order valence-corrected chi connectivity index (χ2v) is 4.45. The predicted octanol–water partition coefficient (Wildman–Crippen LogP) is 0.347. The number of anilines is 1. The molecule has 0 aliphatic heterocycles. The Hall–Kier alpha value is -1.89. The molecule has 0 atom stereocenters. The normalized spacial score (nSPS) is 11.9. The summed E-state index contributed by atoms with van der Waals surface area (Å²) >= 11 is 0. The Bertz CT molecular complexity index is 582. The van der Waals surface area contributed by atoms with Gasteiger partial charge in [0.15, 0.2) is 5.65 Å². The summed E-state index contributed by atoms with van der Waals surface area (Å²) in [7, 11) is 0. The fourth-order valence-electron chi connectivity index (χ4n) is 1.67. The molecule has 0 aromatic carbocycles. The van der Waals surface area contributed by atoms with Crippen molar-refractivity contribution in [1.82, 2.24) is 19.6 Å². The lowest BCUT2D eigenvalue weighted by Crippen LogP contribution is -2.45. The first kappa shape index (κ1) is 12.6. The van der Waals surface area contributed by atoms with Gasteiger partial charge in [-0.25, -0.2) is 19.3 Å². The molecule has 7 nitrogen and oxygen atoms in total. The van der Waals surface area contributed by atoms with Gasteiger partial charge in [0.1, 0.15) is 12.1 Å². The zero-order chi connectivity index (χ0) is 13.2. The maximum atomic E-state index is 11.3. The smallest absolute Gasteiger partial charge is 0.348 e. The Labute approximate surface area is 104 Å². The quantitative estimate of drug-likeness (QED) is 0.710. The van der Waals surface area contributed by atoms with Crippen molar-refractivity contribution in [2.24, 2.45) is 5.73 Å². The van der Waals surface area contributed by atoms with Crippen LogP contribution < -0.4 is 16.7 Å². The van der Waals surface area contributed by atoms with E-state index in [0.717, 1.165) is 12.8 Å². The van der Waals surface area contributed by atoms with Crippen LogP contribution >= 0.6 is 0 Å². The molecule has 2 heterocycles. The first-order chi connectivity index (χ1) is 8.58. The first-order valence-corrected chi connectivity index (χ1v) is 6.03.